The van der Waals surface area contributed by atoms with E-state index in [1.165, 1.54) is 12.8 Å². The van der Waals surface area contributed by atoms with Crippen LogP contribution in [0, 0.1) is 29.3 Å². The van der Waals surface area contributed by atoms with E-state index in [1.807, 2.05) is 0 Å². The van der Waals surface area contributed by atoms with E-state index in [4.69, 9.17) is 0 Å². The average molecular weight is 431 g/mol. The summed E-state index contributed by atoms with van der Waals surface area (Å²) in [6.07, 6.45) is 5.75. The highest BCUT2D eigenvalue weighted by Gasteiger charge is 2.36. The highest BCUT2D eigenvalue weighted by molar-refractivity contribution is 5.98. The van der Waals surface area contributed by atoms with Crippen LogP contribution in [0.25, 0.3) is 0 Å². The van der Waals surface area contributed by atoms with E-state index in [1.54, 1.807) is 4.90 Å². The first-order valence-electron chi connectivity index (χ1n) is 10.1. The van der Waals surface area contributed by atoms with Gasteiger partial charge in [-0.05, 0) is 44.4 Å². The van der Waals surface area contributed by atoms with E-state index < -0.39 is 34.7 Å². The Balaban J connectivity index is 0.00000240. The van der Waals surface area contributed by atoms with Crippen LogP contribution in [0.1, 0.15) is 55.3 Å². The fraction of sp³-hybridized carbons (Fsp3) is 0.619. The SMILES string of the molecule is Cl.O=C(c1c(F)cc(F)cc1F)C1CCN(C(=O)CC2CC3CCC(C2)N3)CC1. The molecule has 2 bridgehead atoms. The maximum atomic E-state index is 13.9. The zero-order chi connectivity index (χ0) is 19.8. The Kier molecular flexibility index (Phi) is 6.89. The number of hydrogen-bond donors (Lipinski definition) is 1. The van der Waals surface area contributed by atoms with Crippen LogP contribution in [0.4, 0.5) is 13.2 Å². The lowest BCUT2D eigenvalue weighted by Crippen LogP contribution is -2.43. The van der Waals surface area contributed by atoms with Crippen molar-refractivity contribution in [2.75, 3.05) is 13.1 Å². The average Bonchev–Trinajstić information content (AvgIpc) is 2.99. The van der Waals surface area contributed by atoms with Crippen LogP contribution in [0.15, 0.2) is 12.1 Å². The molecule has 0 saturated carbocycles. The van der Waals surface area contributed by atoms with Crippen molar-refractivity contribution in [3.63, 3.8) is 0 Å². The second-order valence-corrected chi connectivity index (χ2v) is 8.44. The second kappa shape index (κ2) is 9.04. The molecule has 1 aromatic rings. The first kappa shape index (κ1) is 22.1. The first-order chi connectivity index (χ1) is 13.4. The molecule has 0 aliphatic carbocycles. The summed E-state index contributed by atoms with van der Waals surface area (Å²) in [7, 11) is 0. The Labute approximate surface area is 174 Å². The van der Waals surface area contributed by atoms with Gasteiger partial charge < -0.3 is 10.2 Å². The number of carbonyl (C=O) groups is 2. The summed E-state index contributed by atoms with van der Waals surface area (Å²) in [6.45, 7) is 0.828. The molecular formula is C21H26ClF3N2O2. The molecule has 0 radical (unpaired) electrons. The second-order valence-electron chi connectivity index (χ2n) is 8.44. The number of hydrogen-bond acceptors (Lipinski definition) is 3. The van der Waals surface area contributed by atoms with Crippen LogP contribution < -0.4 is 5.32 Å². The monoisotopic (exact) mass is 430 g/mol. The summed E-state index contributed by atoms with van der Waals surface area (Å²) in [5, 5.41) is 3.57. The Morgan fingerprint density at radius 1 is 0.966 bits per heavy atom. The molecule has 1 aromatic carbocycles. The maximum absolute atomic E-state index is 13.9. The van der Waals surface area contributed by atoms with Gasteiger partial charge in [0.15, 0.2) is 5.78 Å². The van der Waals surface area contributed by atoms with Crippen molar-refractivity contribution in [2.24, 2.45) is 11.8 Å². The number of Topliss-reactive ketones (excluding diaryl/α,β-unsaturated/α-hetero) is 1. The lowest BCUT2D eigenvalue weighted by molar-refractivity contribution is -0.133. The standard InChI is InChI=1S/C21H25F3N2O2.ClH/c22-14-10-17(23)20(18(24)11-14)21(28)13-3-5-26(6-4-13)19(27)9-12-7-15-1-2-16(8-12)25-15;/h10-13,15-16,25H,1-9H2;1H. The molecule has 8 heteroatoms. The van der Waals surface area contributed by atoms with Crippen LogP contribution in [0.5, 0.6) is 0 Å². The molecule has 2 atom stereocenters. The molecule has 3 fully saturated rings. The summed E-state index contributed by atoms with van der Waals surface area (Å²) in [6, 6.07) is 2.14. The number of likely N-dealkylation sites (tertiary alicyclic amines) is 1. The number of piperidine rings is 2. The summed E-state index contributed by atoms with van der Waals surface area (Å²) in [4.78, 5) is 26.9. The maximum Gasteiger partial charge on any atom is 0.222 e. The van der Waals surface area contributed by atoms with Crippen molar-refractivity contribution in [3.05, 3.63) is 35.1 Å². The van der Waals surface area contributed by atoms with Crippen molar-refractivity contribution in [3.8, 4) is 0 Å². The molecule has 160 valence electrons. The topological polar surface area (TPSA) is 49.4 Å². The summed E-state index contributed by atoms with van der Waals surface area (Å²) >= 11 is 0. The largest absolute Gasteiger partial charge is 0.343 e. The Hall–Kier alpha value is -1.60. The molecule has 4 nitrogen and oxygen atoms in total. The smallest absolute Gasteiger partial charge is 0.222 e. The molecule has 4 rings (SSSR count). The number of amides is 1. The van der Waals surface area contributed by atoms with Gasteiger partial charge in [0.05, 0.1) is 5.56 Å². The number of halogens is 4. The zero-order valence-electron chi connectivity index (χ0n) is 16.1. The number of nitrogens with zero attached hydrogens (tertiary/aromatic N) is 1. The summed E-state index contributed by atoms with van der Waals surface area (Å²) in [5.41, 5.74) is -0.670. The molecule has 0 spiro atoms. The third-order valence-electron chi connectivity index (χ3n) is 6.51. The summed E-state index contributed by atoms with van der Waals surface area (Å²) < 4.78 is 40.8. The van der Waals surface area contributed by atoms with Crippen LogP contribution in [0.3, 0.4) is 0 Å². The molecule has 3 saturated heterocycles. The Morgan fingerprint density at radius 3 is 2.07 bits per heavy atom. The predicted molar refractivity (Wildman–Crippen MR) is 104 cm³/mol. The first-order valence-corrected chi connectivity index (χ1v) is 10.1. The molecule has 1 N–H and O–H groups in total. The Morgan fingerprint density at radius 2 is 1.52 bits per heavy atom. The lowest BCUT2D eigenvalue weighted by Gasteiger charge is -2.34. The van der Waals surface area contributed by atoms with E-state index in [0.29, 0.717) is 62.5 Å². The van der Waals surface area contributed by atoms with Gasteiger partial charge in [0.25, 0.3) is 0 Å². The highest BCUT2D eigenvalue weighted by atomic mass is 35.5. The van der Waals surface area contributed by atoms with Crippen molar-refractivity contribution < 1.29 is 22.8 Å². The fourth-order valence-electron chi connectivity index (χ4n) is 5.09. The van der Waals surface area contributed by atoms with Gasteiger partial charge in [-0.2, -0.15) is 0 Å². The predicted octanol–water partition coefficient (Wildman–Crippen LogP) is 3.87. The third-order valence-corrected chi connectivity index (χ3v) is 6.51. The van der Waals surface area contributed by atoms with E-state index in [9.17, 15) is 22.8 Å². The van der Waals surface area contributed by atoms with Crippen LogP contribution in [0.2, 0.25) is 0 Å². The van der Waals surface area contributed by atoms with Gasteiger partial charge in [0, 0.05) is 49.6 Å². The number of nitrogens with one attached hydrogen (secondary N) is 1. The van der Waals surface area contributed by atoms with Gasteiger partial charge >= 0.3 is 0 Å². The third kappa shape index (κ3) is 4.77. The minimum absolute atomic E-state index is 0. The minimum Gasteiger partial charge on any atom is -0.343 e. The lowest BCUT2D eigenvalue weighted by atomic mass is 9.87. The molecular weight excluding hydrogens is 405 g/mol. The van der Waals surface area contributed by atoms with E-state index in [-0.39, 0.29) is 18.3 Å². The number of benzene rings is 1. The van der Waals surface area contributed by atoms with Crippen molar-refractivity contribution in [1.29, 1.82) is 0 Å². The number of rotatable bonds is 4. The van der Waals surface area contributed by atoms with Gasteiger partial charge in [-0.15, -0.1) is 12.4 Å². The highest BCUT2D eigenvalue weighted by Crippen LogP contribution is 2.33. The molecule has 0 aromatic heterocycles. The number of carbonyl (C=O) groups excluding carboxylic acids is 2. The van der Waals surface area contributed by atoms with Crippen molar-refractivity contribution in [2.45, 2.75) is 57.0 Å². The Bertz CT molecular complexity index is 748. The van der Waals surface area contributed by atoms with Crippen LogP contribution >= 0.6 is 12.4 Å². The quantitative estimate of drug-likeness (QED) is 0.738. The van der Waals surface area contributed by atoms with Crippen molar-refractivity contribution in [1.82, 2.24) is 10.2 Å². The molecule has 3 aliphatic rings. The number of ketones is 1. The van der Waals surface area contributed by atoms with Crippen LogP contribution in [-0.2, 0) is 4.79 Å². The van der Waals surface area contributed by atoms with E-state index >= 15 is 0 Å². The van der Waals surface area contributed by atoms with Crippen LogP contribution in [-0.4, -0.2) is 41.8 Å². The van der Waals surface area contributed by atoms with Crippen molar-refractivity contribution >= 4 is 24.1 Å². The molecule has 2 unspecified atom stereocenters. The molecule has 29 heavy (non-hydrogen) atoms. The van der Waals surface area contributed by atoms with Gasteiger partial charge in [0.2, 0.25) is 5.91 Å². The van der Waals surface area contributed by atoms with E-state index in [0.717, 1.165) is 12.8 Å². The van der Waals surface area contributed by atoms with Gasteiger partial charge in [-0.3, -0.25) is 9.59 Å². The normalized spacial score (nSPS) is 26.9. The molecule has 3 aliphatic heterocycles. The number of fused-ring (bicyclic) bond motifs is 2. The summed E-state index contributed by atoms with van der Waals surface area (Å²) in [5.74, 6) is -4.05. The van der Waals surface area contributed by atoms with E-state index in [2.05, 4.69) is 5.32 Å². The van der Waals surface area contributed by atoms with Gasteiger partial charge in [-0.1, -0.05) is 0 Å². The molecule has 3 heterocycles. The van der Waals surface area contributed by atoms with Gasteiger partial charge in [-0.25, -0.2) is 13.2 Å². The molecule has 1 amide bonds. The van der Waals surface area contributed by atoms with Gasteiger partial charge in [0.1, 0.15) is 17.5 Å². The minimum atomic E-state index is -1.17. The zero-order valence-corrected chi connectivity index (χ0v) is 17.0. The fourth-order valence-corrected chi connectivity index (χ4v) is 5.09.